The zero-order valence-corrected chi connectivity index (χ0v) is 4.70. The van der Waals surface area contributed by atoms with Crippen molar-refractivity contribution in [2.24, 2.45) is 0 Å². The number of H-pyrrole nitrogens is 1. The number of hydrogen-bond donors (Lipinski definition) is 1. The minimum atomic E-state index is 0.817. The fraction of sp³-hybridized carbons (Fsp3) is 0. The molecule has 0 unspecified atom stereocenters. The molecule has 0 saturated heterocycles. The van der Waals surface area contributed by atoms with Crippen LogP contribution in [0.3, 0.4) is 0 Å². The maximum absolute atomic E-state index is 3.92. The summed E-state index contributed by atoms with van der Waals surface area (Å²) in [6.07, 6.45) is 8.34. The van der Waals surface area contributed by atoms with E-state index in [4.69, 9.17) is 0 Å². The van der Waals surface area contributed by atoms with Crippen LogP contribution in [-0.2, 0) is 0 Å². The van der Waals surface area contributed by atoms with Gasteiger partial charge in [0.15, 0.2) is 6.20 Å². The van der Waals surface area contributed by atoms with Crippen molar-refractivity contribution in [1.29, 1.82) is 0 Å². The molecule has 0 saturated carbocycles. The predicted octanol–water partition coefficient (Wildman–Crippen LogP) is -0.0514. The Bertz CT molecular complexity index is 282. The van der Waals surface area contributed by atoms with Gasteiger partial charge in [-0.2, -0.15) is 0 Å². The first-order valence-corrected chi connectivity index (χ1v) is 2.68. The van der Waals surface area contributed by atoms with Crippen molar-refractivity contribution in [2.75, 3.05) is 0 Å². The lowest BCUT2D eigenvalue weighted by Crippen LogP contribution is -2.17. The van der Waals surface area contributed by atoms with Gasteiger partial charge in [-0.05, 0) is 0 Å². The van der Waals surface area contributed by atoms with E-state index < -0.39 is 0 Å². The predicted molar refractivity (Wildman–Crippen MR) is 30.6 cm³/mol. The summed E-state index contributed by atoms with van der Waals surface area (Å²) in [5.41, 5.74) is 0. The molecule has 2 aromatic rings. The lowest BCUT2D eigenvalue weighted by molar-refractivity contribution is -0.512. The molecule has 1 N–H and O–H groups in total. The van der Waals surface area contributed by atoms with Gasteiger partial charge in [0.25, 0.3) is 0 Å². The van der Waals surface area contributed by atoms with Gasteiger partial charge in [-0.15, -0.1) is 0 Å². The van der Waals surface area contributed by atoms with Crippen LogP contribution in [0, 0.1) is 6.20 Å². The van der Waals surface area contributed by atoms with Crippen LogP contribution >= 0.6 is 0 Å². The van der Waals surface area contributed by atoms with Crippen molar-refractivity contribution in [2.45, 2.75) is 0 Å². The van der Waals surface area contributed by atoms with Crippen LogP contribution in [0.25, 0.3) is 5.78 Å². The fourth-order valence-electron chi connectivity index (χ4n) is 0.760. The van der Waals surface area contributed by atoms with Crippen LogP contribution < -0.4 is 4.40 Å². The summed E-state index contributed by atoms with van der Waals surface area (Å²) in [6.45, 7) is 0. The van der Waals surface area contributed by atoms with Gasteiger partial charge < -0.3 is 0 Å². The molecule has 0 aromatic carbocycles. The van der Waals surface area contributed by atoms with E-state index in [0.29, 0.717) is 0 Å². The Hall–Kier alpha value is -1.38. The van der Waals surface area contributed by atoms with Gasteiger partial charge in [0, 0.05) is 6.07 Å². The number of fused-ring (bicyclic) bond motifs is 1. The number of nitrogens with zero attached hydrogens (tertiary/aromatic N) is 2. The lowest BCUT2D eigenvalue weighted by atomic mass is 10.7. The van der Waals surface area contributed by atoms with E-state index in [-0.39, 0.29) is 0 Å². The monoisotopic (exact) mass is 119 g/mol. The highest BCUT2D eigenvalue weighted by Crippen LogP contribution is 1.80. The third-order valence-electron chi connectivity index (χ3n) is 1.17. The average Bonchev–Trinajstić information content (AvgIpc) is 2.33. The molecule has 0 bridgehead atoms. The lowest BCUT2D eigenvalue weighted by Gasteiger charge is -1.75. The molecule has 0 aliphatic heterocycles. The van der Waals surface area contributed by atoms with Crippen LogP contribution in [-0.4, -0.2) is 9.97 Å². The number of aromatic amines is 1. The molecule has 0 spiro atoms. The summed E-state index contributed by atoms with van der Waals surface area (Å²) in [4.78, 5) is 6.86. The van der Waals surface area contributed by atoms with Gasteiger partial charge in [-0.1, -0.05) is 4.98 Å². The molecule has 0 atom stereocenters. The third kappa shape index (κ3) is 0.579. The number of aromatic nitrogens is 3. The zero-order valence-electron chi connectivity index (χ0n) is 4.70. The third-order valence-corrected chi connectivity index (χ3v) is 1.17. The summed E-state index contributed by atoms with van der Waals surface area (Å²) >= 11 is 0. The van der Waals surface area contributed by atoms with E-state index in [1.807, 2.05) is 23.0 Å². The summed E-state index contributed by atoms with van der Waals surface area (Å²) in [5, 5.41) is 0. The normalized spacial score (nSPS) is 10.2. The van der Waals surface area contributed by atoms with Crippen LogP contribution in [0.4, 0.5) is 0 Å². The molecule has 0 aliphatic rings. The molecule has 3 heteroatoms. The Labute approximate surface area is 52.0 Å². The van der Waals surface area contributed by atoms with Gasteiger partial charge in [-0.3, -0.25) is 0 Å². The molecule has 2 aromatic heterocycles. The molecule has 2 rings (SSSR count). The fourth-order valence-corrected chi connectivity index (χ4v) is 0.760. The van der Waals surface area contributed by atoms with Crippen LogP contribution in [0.15, 0.2) is 24.7 Å². The zero-order chi connectivity index (χ0) is 6.10. The quantitative estimate of drug-likeness (QED) is 0.484. The van der Waals surface area contributed by atoms with Crippen molar-refractivity contribution in [3.63, 3.8) is 0 Å². The molecule has 43 valence electrons. The van der Waals surface area contributed by atoms with Crippen LogP contribution in [0.5, 0.6) is 0 Å². The van der Waals surface area contributed by atoms with Crippen molar-refractivity contribution in [3.05, 3.63) is 30.9 Å². The van der Waals surface area contributed by atoms with Gasteiger partial charge in [-0.25, -0.2) is 9.38 Å². The van der Waals surface area contributed by atoms with Gasteiger partial charge in [0.05, 0.1) is 12.4 Å². The SMILES string of the molecule is [c]1cc[n+]2cc[nH]c2n1. The average molecular weight is 119 g/mol. The van der Waals surface area contributed by atoms with E-state index in [0.717, 1.165) is 5.78 Å². The highest BCUT2D eigenvalue weighted by molar-refractivity contribution is 5.11. The number of rotatable bonds is 0. The van der Waals surface area contributed by atoms with Crippen molar-refractivity contribution < 1.29 is 4.40 Å². The Balaban J connectivity index is 2.95. The number of imidazole rings is 1. The molecule has 2 heterocycles. The highest BCUT2D eigenvalue weighted by Gasteiger charge is 1.97. The minimum Gasteiger partial charge on any atom is -0.245 e. The Morgan fingerprint density at radius 1 is 1.56 bits per heavy atom. The van der Waals surface area contributed by atoms with E-state index in [2.05, 4.69) is 16.2 Å². The van der Waals surface area contributed by atoms with Gasteiger partial charge in [0.2, 0.25) is 0 Å². The first-order chi connectivity index (χ1) is 4.47. The Morgan fingerprint density at radius 3 is 3.44 bits per heavy atom. The second-order valence-corrected chi connectivity index (χ2v) is 1.75. The molecule has 0 amide bonds. The largest absolute Gasteiger partial charge is 0.401 e. The molecule has 0 aliphatic carbocycles. The topological polar surface area (TPSA) is 32.8 Å². The summed E-state index contributed by atoms with van der Waals surface area (Å²) in [5.74, 6) is 0.817. The molecule has 3 nitrogen and oxygen atoms in total. The van der Waals surface area contributed by atoms with Gasteiger partial charge >= 0.3 is 5.78 Å². The Kier molecular flexibility index (Phi) is 0.773. The van der Waals surface area contributed by atoms with Gasteiger partial charge in [0.1, 0.15) is 6.20 Å². The van der Waals surface area contributed by atoms with E-state index >= 15 is 0 Å². The Morgan fingerprint density at radius 2 is 2.56 bits per heavy atom. The number of nitrogens with one attached hydrogen (secondary N) is 1. The van der Waals surface area contributed by atoms with E-state index in [1.54, 1.807) is 6.07 Å². The first-order valence-electron chi connectivity index (χ1n) is 2.68. The molecule has 9 heavy (non-hydrogen) atoms. The number of hydrogen-bond acceptors (Lipinski definition) is 1. The van der Waals surface area contributed by atoms with Crippen molar-refractivity contribution >= 4 is 5.78 Å². The first kappa shape index (κ1) is 4.49. The second-order valence-electron chi connectivity index (χ2n) is 1.75. The summed E-state index contributed by atoms with van der Waals surface area (Å²) in [7, 11) is 0. The van der Waals surface area contributed by atoms with E-state index in [9.17, 15) is 0 Å². The molecule has 0 fully saturated rings. The minimum absolute atomic E-state index is 0.817. The van der Waals surface area contributed by atoms with Crippen LogP contribution in [0.1, 0.15) is 0 Å². The standard InChI is InChI=1S/C6H4N3/c1-2-7-6-8-3-5-9(6)4-1/h1,3-5H/p+1. The molecular formula is C6H5N3+. The maximum atomic E-state index is 3.92. The van der Waals surface area contributed by atoms with E-state index in [1.165, 1.54) is 0 Å². The highest BCUT2D eigenvalue weighted by atomic mass is 15.1. The smallest absolute Gasteiger partial charge is 0.245 e. The molecular weight excluding hydrogens is 114 g/mol. The second kappa shape index (κ2) is 1.55. The molecule has 1 radical (unpaired) electrons. The van der Waals surface area contributed by atoms with Crippen LogP contribution in [0.2, 0.25) is 0 Å². The summed E-state index contributed by atoms with van der Waals surface area (Å²) in [6, 6.07) is 1.76. The van der Waals surface area contributed by atoms with Crippen molar-refractivity contribution in [1.82, 2.24) is 9.97 Å². The summed E-state index contributed by atoms with van der Waals surface area (Å²) < 4.78 is 1.89. The maximum Gasteiger partial charge on any atom is 0.401 e. The van der Waals surface area contributed by atoms with Crippen molar-refractivity contribution in [3.8, 4) is 0 Å².